The standard InChI is InChI=1S/C17H28O3/c1-11-8-9-14(16(11,4)5)10-15(19)17(6,7)12(2)20-13(3)18/h8,12,14H,9-10H2,1-7H3/t12?,14-/m0/s1. The van der Waals surface area contributed by atoms with Crippen LogP contribution in [-0.4, -0.2) is 17.9 Å². The van der Waals surface area contributed by atoms with E-state index in [9.17, 15) is 9.59 Å². The molecule has 0 spiro atoms. The van der Waals surface area contributed by atoms with Crippen LogP contribution in [0.2, 0.25) is 0 Å². The second-order valence-corrected chi connectivity index (χ2v) is 7.14. The van der Waals surface area contributed by atoms with E-state index in [0.29, 0.717) is 12.3 Å². The van der Waals surface area contributed by atoms with Crippen LogP contribution in [0.15, 0.2) is 11.6 Å². The number of rotatable bonds is 5. The van der Waals surface area contributed by atoms with Crippen LogP contribution in [-0.2, 0) is 14.3 Å². The minimum absolute atomic E-state index is 0.0798. The van der Waals surface area contributed by atoms with Crippen LogP contribution in [0.25, 0.3) is 0 Å². The fourth-order valence-electron chi connectivity index (χ4n) is 2.65. The van der Waals surface area contributed by atoms with Gasteiger partial charge in [0, 0.05) is 13.3 Å². The average Bonchev–Trinajstić information content (AvgIpc) is 2.54. The van der Waals surface area contributed by atoms with Gasteiger partial charge in [-0.05, 0) is 45.4 Å². The van der Waals surface area contributed by atoms with Crippen molar-refractivity contribution >= 4 is 11.8 Å². The van der Waals surface area contributed by atoms with E-state index in [4.69, 9.17) is 4.74 Å². The highest BCUT2D eigenvalue weighted by Gasteiger charge is 2.41. The van der Waals surface area contributed by atoms with Crippen LogP contribution < -0.4 is 0 Å². The summed E-state index contributed by atoms with van der Waals surface area (Å²) in [6.45, 7) is 13.4. The molecule has 3 nitrogen and oxygen atoms in total. The van der Waals surface area contributed by atoms with Crippen molar-refractivity contribution in [1.29, 1.82) is 0 Å². The summed E-state index contributed by atoms with van der Waals surface area (Å²) >= 11 is 0. The number of hydrogen-bond donors (Lipinski definition) is 0. The molecule has 2 atom stereocenters. The number of Topliss-reactive ketones (excluding diaryl/α,β-unsaturated/α-hetero) is 1. The molecule has 0 amide bonds. The molecule has 114 valence electrons. The number of carbonyl (C=O) groups is 2. The maximum atomic E-state index is 12.6. The first-order chi connectivity index (χ1) is 8.99. The highest BCUT2D eigenvalue weighted by molar-refractivity contribution is 5.85. The van der Waals surface area contributed by atoms with Crippen LogP contribution in [0.1, 0.15) is 61.3 Å². The zero-order chi connectivity index (χ0) is 15.7. The summed E-state index contributed by atoms with van der Waals surface area (Å²) in [6.07, 6.45) is 3.34. The Bertz CT molecular complexity index is 430. The highest BCUT2D eigenvalue weighted by Crippen LogP contribution is 2.46. The zero-order valence-electron chi connectivity index (χ0n) is 13.9. The maximum absolute atomic E-state index is 12.6. The molecule has 0 aromatic heterocycles. The Morgan fingerprint density at radius 3 is 2.40 bits per heavy atom. The molecule has 20 heavy (non-hydrogen) atoms. The SMILES string of the molecule is CC(=O)OC(C)C(C)(C)C(=O)C[C@@H]1CC=C(C)C1(C)C. The molecule has 1 rings (SSSR count). The number of esters is 1. The van der Waals surface area contributed by atoms with Crippen molar-refractivity contribution in [2.45, 2.75) is 67.4 Å². The van der Waals surface area contributed by atoms with Crippen LogP contribution in [0, 0.1) is 16.7 Å². The Labute approximate surface area is 122 Å². The van der Waals surface area contributed by atoms with Gasteiger partial charge >= 0.3 is 5.97 Å². The van der Waals surface area contributed by atoms with Crippen LogP contribution in [0.4, 0.5) is 0 Å². The molecule has 1 unspecified atom stereocenters. The minimum atomic E-state index is -0.641. The van der Waals surface area contributed by atoms with Gasteiger partial charge < -0.3 is 4.74 Å². The minimum Gasteiger partial charge on any atom is -0.462 e. The topological polar surface area (TPSA) is 43.4 Å². The third kappa shape index (κ3) is 3.31. The summed E-state index contributed by atoms with van der Waals surface area (Å²) in [6, 6.07) is 0. The van der Waals surface area contributed by atoms with Gasteiger partial charge in [-0.15, -0.1) is 0 Å². The highest BCUT2D eigenvalue weighted by atomic mass is 16.5. The molecule has 0 aliphatic heterocycles. The molecular formula is C17H28O3. The van der Waals surface area contributed by atoms with E-state index in [-0.39, 0.29) is 17.2 Å². The van der Waals surface area contributed by atoms with Crippen molar-refractivity contribution in [3.05, 3.63) is 11.6 Å². The Hall–Kier alpha value is -1.12. The normalized spacial score (nSPS) is 23.1. The van der Waals surface area contributed by atoms with E-state index in [1.54, 1.807) is 6.92 Å². The number of carbonyl (C=O) groups excluding carboxylic acids is 2. The first kappa shape index (κ1) is 16.9. The summed E-state index contributed by atoms with van der Waals surface area (Å²) < 4.78 is 5.20. The van der Waals surface area contributed by atoms with Gasteiger partial charge in [-0.3, -0.25) is 9.59 Å². The summed E-state index contributed by atoms with van der Waals surface area (Å²) in [7, 11) is 0. The molecule has 0 saturated heterocycles. The molecule has 1 aliphatic carbocycles. The molecule has 1 aliphatic rings. The first-order valence-electron chi connectivity index (χ1n) is 7.37. The van der Waals surface area contributed by atoms with Crippen molar-refractivity contribution in [1.82, 2.24) is 0 Å². The van der Waals surface area contributed by atoms with Gasteiger partial charge in [-0.25, -0.2) is 0 Å². The van der Waals surface area contributed by atoms with Crippen molar-refractivity contribution in [2.75, 3.05) is 0 Å². The first-order valence-corrected chi connectivity index (χ1v) is 7.37. The molecule has 0 heterocycles. The number of allylic oxidation sites excluding steroid dienone is 2. The number of hydrogen-bond acceptors (Lipinski definition) is 3. The lowest BCUT2D eigenvalue weighted by atomic mass is 9.71. The Morgan fingerprint density at radius 1 is 1.45 bits per heavy atom. The Balaban J connectivity index is 2.74. The van der Waals surface area contributed by atoms with Gasteiger partial charge in [0.1, 0.15) is 11.9 Å². The van der Waals surface area contributed by atoms with Crippen molar-refractivity contribution in [3.63, 3.8) is 0 Å². The second kappa shape index (κ2) is 5.71. The summed E-state index contributed by atoms with van der Waals surface area (Å²) in [4.78, 5) is 23.7. The summed E-state index contributed by atoms with van der Waals surface area (Å²) in [5.41, 5.74) is 0.801. The molecule has 3 heteroatoms. The van der Waals surface area contributed by atoms with E-state index in [2.05, 4.69) is 26.8 Å². The molecular weight excluding hydrogens is 252 g/mol. The smallest absolute Gasteiger partial charge is 0.302 e. The van der Waals surface area contributed by atoms with E-state index < -0.39 is 11.5 Å². The van der Waals surface area contributed by atoms with Crippen LogP contribution >= 0.6 is 0 Å². The van der Waals surface area contributed by atoms with E-state index in [1.165, 1.54) is 12.5 Å². The molecule has 0 bridgehead atoms. The van der Waals surface area contributed by atoms with Crippen molar-refractivity contribution < 1.29 is 14.3 Å². The van der Waals surface area contributed by atoms with Gasteiger partial charge in [-0.1, -0.05) is 25.5 Å². The van der Waals surface area contributed by atoms with E-state index >= 15 is 0 Å². The van der Waals surface area contributed by atoms with Crippen molar-refractivity contribution in [2.24, 2.45) is 16.7 Å². The molecule has 0 N–H and O–H groups in total. The predicted octanol–water partition coefficient (Wildman–Crippen LogP) is 3.92. The molecule has 0 aromatic carbocycles. The molecule has 0 saturated carbocycles. The molecule has 0 aromatic rings. The fraction of sp³-hybridized carbons (Fsp3) is 0.765. The lowest BCUT2D eigenvalue weighted by Crippen LogP contribution is -2.40. The quantitative estimate of drug-likeness (QED) is 0.566. The fourth-order valence-corrected chi connectivity index (χ4v) is 2.65. The van der Waals surface area contributed by atoms with Gasteiger partial charge in [0.2, 0.25) is 0 Å². The lowest BCUT2D eigenvalue weighted by Gasteiger charge is -2.34. The van der Waals surface area contributed by atoms with Gasteiger partial charge in [0.25, 0.3) is 0 Å². The lowest BCUT2D eigenvalue weighted by molar-refractivity contribution is -0.155. The third-order valence-corrected chi connectivity index (χ3v) is 5.26. The van der Waals surface area contributed by atoms with Gasteiger partial charge in [-0.2, -0.15) is 0 Å². The Kier molecular flexibility index (Phi) is 4.83. The third-order valence-electron chi connectivity index (χ3n) is 5.26. The largest absolute Gasteiger partial charge is 0.462 e. The maximum Gasteiger partial charge on any atom is 0.302 e. The zero-order valence-corrected chi connectivity index (χ0v) is 13.9. The molecule has 0 fully saturated rings. The number of ether oxygens (including phenoxy) is 1. The summed E-state index contributed by atoms with van der Waals surface area (Å²) in [5, 5.41) is 0. The second-order valence-electron chi connectivity index (χ2n) is 7.14. The Morgan fingerprint density at radius 2 is 2.00 bits per heavy atom. The van der Waals surface area contributed by atoms with Gasteiger partial charge in [0.05, 0.1) is 5.41 Å². The van der Waals surface area contributed by atoms with Gasteiger partial charge in [0.15, 0.2) is 0 Å². The monoisotopic (exact) mass is 280 g/mol. The summed E-state index contributed by atoms with van der Waals surface area (Å²) in [5.74, 6) is 0.184. The van der Waals surface area contributed by atoms with E-state index in [0.717, 1.165) is 6.42 Å². The van der Waals surface area contributed by atoms with Crippen molar-refractivity contribution in [3.8, 4) is 0 Å². The number of ketones is 1. The van der Waals surface area contributed by atoms with Crippen LogP contribution in [0.5, 0.6) is 0 Å². The van der Waals surface area contributed by atoms with E-state index in [1.807, 2.05) is 13.8 Å². The van der Waals surface area contributed by atoms with Crippen LogP contribution in [0.3, 0.4) is 0 Å². The predicted molar refractivity (Wildman–Crippen MR) is 80.3 cm³/mol. The molecule has 0 radical (unpaired) electrons. The average molecular weight is 280 g/mol.